The fourth-order valence-corrected chi connectivity index (χ4v) is 0.537. The minimum atomic E-state index is -1.42. The summed E-state index contributed by atoms with van der Waals surface area (Å²) in [7, 11) is 0. The highest BCUT2D eigenvalue weighted by atomic mass is 16.6. The Morgan fingerprint density at radius 1 is 1.73 bits per heavy atom. The lowest BCUT2D eigenvalue weighted by molar-refractivity contribution is -0.415. The van der Waals surface area contributed by atoms with Crippen molar-refractivity contribution in [1.29, 1.82) is 0 Å². The van der Waals surface area contributed by atoms with Gasteiger partial charge in [0, 0.05) is 0 Å². The van der Waals surface area contributed by atoms with Crippen molar-refractivity contribution in [2.24, 2.45) is 16.5 Å². The average molecular weight is 157 g/mol. The molecule has 0 radical (unpaired) electrons. The highest BCUT2D eigenvalue weighted by Crippen LogP contribution is 1.99. The van der Waals surface area contributed by atoms with Gasteiger partial charge >= 0.3 is 5.70 Å². The highest BCUT2D eigenvalue weighted by Gasteiger charge is 2.21. The summed E-state index contributed by atoms with van der Waals surface area (Å²) in [5.74, 6) is -1.42. The first-order valence-corrected chi connectivity index (χ1v) is 2.76. The van der Waals surface area contributed by atoms with E-state index in [1.54, 1.807) is 0 Å². The topological polar surface area (TPSA) is 120 Å². The van der Waals surface area contributed by atoms with Gasteiger partial charge in [0.2, 0.25) is 5.91 Å². The lowest BCUT2D eigenvalue weighted by Gasteiger charge is -2.20. The van der Waals surface area contributed by atoms with Crippen LogP contribution in [0.25, 0.3) is 0 Å². The molecule has 7 heteroatoms. The molecule has 0 fully saturated rings. The van der Waals surface area contributed by atoms with Crippen LogP contribution in [0, 0.1) is 10.1 Å². The third-order valence-corrected chi connectivity index (χ3v) is 1.07. The molecule has 0 aliphatic carbocycles. The van der Waals surface area contributed by atoms with Crippen molar-refractivity contribution in [3.05, 3.63) is 22.0 Å². The summed E-state index contributed by atoms with van der Waals surface area (Å²) in [5.41, 5.74) is 10.3. The van der Waals surface area contributed by atoms with Crippen molar-refractivity contribution in [2.75, 3.05) is 0 Å². The van der Waals surface area contributed by atoms with Crippen molar-refractivity contribution in [2.45, 2.75) is 5.91 Å². The number of allylic oxidation sites excluding steroid dienone is 1. The second-order valence-corrected chi connectivity index (χ2v) is 2.05. The lowest BCUT2D eigenvalue weighted by atomic mass is 10.4. The third kappa shape index (κ3) is 1.72. The van der Waals surface area contributed by atoms with Crippen LogP contribution in [0.2, 0.25) is 0 Å². The van der Waals surface area contributed by atoms with Crippen LogP contribution in [-0.2, 0) is 0 Å². The third-order valence-electron chi connectivity index (χ3n) is 1.07. The van der Waals surface area contributed by atoms with Crippen molar-refractivity contribution < 1.29 is 4.92 Å². The van der Waals surface area contributed by atoms with E-state index in [1.165, 1.54) is 0 Å². The monoisotopic (exact) mass is 157 g/mol. The quantitative estimate of drug-likeness (QED) is 0.238. The van der Waals surface area contributed by atoms with Gasteiger partial charge in [0.05, 0.1) is 11.1 Å². The van der Waals surface area contributed by atoms with E-state index in [0.717, 1.165) is 12.4 Å². The number of nitro groups is 1. The predicted octanol–water partition coefficient (Wildman–Crippen LogP) is -1.69. The summed E-state index contributed by atoms with van der Waals surface area (Å²) in [6.45, 7) is 0. The zero-order chi connectivity index (χ0) is 8.48. The molecule has 0 aromatic carbocycles. The van der Waals surface area contributed by atoms with E-state index in [-0.39, 0.29) is 5.70 Å². The first-order valence-electron chi connectivity index (χ1n) is 2.76. The van der Waals surface area contributed by atoms with E-state index in [1.807, 2.05) is 0 Å². The van der Waals surface area contributed by atoms with Gasteiger partial charge in [-0.2, -0.15) is 0 Å². The van der Waals surface area contributed by atoms with E-state index in [0.29, 0.717) is 0 Å². The molecule has 0 saturated heterocycles. The first-order chi connectivity index (χ1) is 5.01. The molecule has 1 heterocycles. The van der Waals surface area contributed by atoms with Gasteiger partial charge in [-0.25, -0.2) is 4.99 Å². The van der Waals surface area contributed by atoms with Crippen LogP contribution in [0.5, 0.6) is 0 Å². The zero-order valence-electron chi connectivity index (χ0n) is 5.52. The Labute approximate surface area is 61.9 Å². The van der Waals surface area contributed by atoms with Gasteiger partial charge in [-0.05, 0) is 0 Å². The van der Waals surface area contributed by atoms with Crippen LogP contribution in [0.15, 0.2) is 16.9 Å². The van der Waals surface area contributed by atoms with E-state index < -0.39 is 10.8 Å². The standard InChI is InChI=1S/C4H7N5O2/c5-4(6)7-1-3(2-8-4)9(10)11/h1-2,7H,5-6H2. The molecule has 0 aromatic rings. The van der Waals surface area contributed by atoms with Gasteiger partial charge in [-0.1, -0.05) is 0 Å². The number of nitrogens with zero attached hydrogens (tertiary/aromatic N) is 2. The van der Waals surface area contributed by atoms with E-state index >= 15 is 0 Å². The maximum absolute atomic E-state index is 10.1. The minimum Gasteiger partial charge on any atom is -0.337 e. The fourth-order valence-electron chi connectivity index (χ4n) is 0.537. The summed E-state index contributed by atoms with van der Waals surface area (Å²) in [4.78, 5) is 13.0. The molecule has 0 bridgehead atoms. The Morgan fingerprint density at radius 3 is 2.73 bits per heavy atom. The number of aliphatic imine (C=N–C) groups is 1. The molecule has 0 unspecified atom stereocenters. The first kappa shape index (κ1) is 7.63. The molecule has 11 heavy (non-hydrogen) atoms. The molecule has 0 aromatic heterocycles. The second-order valence-electron chi connectivity index (χ2n) is 2.05. The number of hydrogen-bond acceptors (Lipinski definition) is 6. The van der Waals surface area contributed by atoms with Crippen LogP contribution in [0.1, 0.15) is 0 Å². The maximum Gasteiger partial charge on any atom is 0.302 e. The number of rotatable bonds is 1. The molecular formula is C4H7N5O2. The SMILES string of the molecule is NC1(N)N=CC([N+](=O)[O-])=CN1. The van der Waals surface area contributed by atoms with Crippen LogP contribution in [0.4, 0.5) is 0 Å². The van der Waals surface area contributed by atoms with Crippen LogP contribution in [-0.4, -0.2) is 17.0 Å². The van der Waals surface area contributed by atoms with Crippen LogP contribution in [0.3, 0.4) is 0 Å². The number of nitrogens with two attached hydrogens (primary N) is 2. The van der Waals surface area contributed by atoms with Crippen LogP contribution >= 0.6 is 0 Å². The minimum absolute atomic E-state index is 0.170. The Morgan fingerprint density at radius 2 is 2.36 bits per heavy atom. The van der Waals surface area contributed by atoms with Gasteiger partial charge in [-0.3, -0.25) is 21.6 Å². The smallest absolute Gasteiger partial charge is 0.302 e. The second kappa shape index (κ2) is 2.29. The molecule has 0 amide bonds. The molecule has 60 valence electrons. The normalized spacial score (nSPS) is 20.4. The molecule has 0 atom stereocenters. The number of hydrogen-bond donors (Lipinski definition) is 3. The predicted molar refractivity (Wildman–Crippen MR) is 37.8 cm³/mol. The van der Waals surface area contributed by atoms with Gasteiger partial charge in [0.1, 0.15) is 6.21 Å². The molecule has 1 rings (SSSR count). The largest absolute Gasteiger partial charge is 0.337 e. The molecule has 0 saturated carbocycles. The molecule has 1 aliphatic rings. The van der Waals surface area contributed by atoms with Crippen molar-refractivity contribution in [3.63, 3.8) is 0 Å². The van der Waals surface area contributed by atoms with E-state index in [2.05, 4.69) is 10.3 Å². The van der Waals surface area contributed by atoms with Crippen LogP contribution < -0.4 is 16.8 Å². The Balaban J connectivity index is 2.75. The summed E-state index contributed by atoms with van der Waals surface area (Å²) < 4.78 is 0. The summed E-state index contributed by atoms with van der Waals surface area (Å²) >= 11 is 0. The highest BCUT2D eigenvalue weighted by molar-refractivity contribution is 5.76. The lowest BCUT2D eigenvalue weighted by Crippen LogP contribution is -2.59. The van der Waals surface area contributed by atoms with Gasteiger partial charge in [0.15, 0.2) is 0 Å². The van der Waals surface area contributed by atoms with E-state index in [4.69, 9.17) is 11.5 Å². The fraction of sp³-hybridized carbons (Fsp3) is 0.250. The van der Waals surface area contributed by atoms with Crippen molar-refractivity contribution in [3.8, 4) is 0 Å². The maximum atomic E-state index is 10.1. The Kier molecular flexibility index (Phi) is 1.59. The van der Waals surface area contributed by atoms with Gasteiger partial charge in [0.25, 0.3) is 0 Å². The molecule has 1 aliphatic heterocycles. The van der Waals surface area contributed by atoms with Gasteiger partial charge in [-0.15, -0.1) is 0 Å². The zero-order valence-corrected chi connectivity index (χ0v) is 5.52. The van der Waals surface area contributed by atoms with Crippen molar-refractivity contribution in [1.82, 2.24) is 5.32 Å². The molecule has 5 N–H and O–H groups in total. The molecule has 7 nitrogen and oxygen atoms in total. The Hall–Kier alpha value is -1.47. The average Bonchev–Trinajstić information content (AvgIpc) is 1.86. The summed E-state index contributed by atoms with van der Waals surface area (Å²) in [6, 6.07) is 0. The summed E-state index contributed by atoms with van der Waals surface area (Å²) in [5, 5.41) is 12.4. The molecule has 0 spiro atoms. The summed E-state index contributed by atoms with van der Waals surface area (Å²) in [6.07, 6.45) is 2.11. The van der Waals surface area contributed by atoms with Crippen molar-refractivity contribution >= 4 is 6.21 Å². The van der Waals surface area contributed by atoms with E-state index in [9.17, 15) is 10.1 Å². The Bertz CT molecular complexity index is 243. The number of nitrogens with one attached hydrogen (secondary N) is 1. The van der Waals surface area contributed by atoms with Gasteiger partial charge < -0.3 is 5.32 Å². The molecular weight excluding hydrogens is 150 g/mol.